The number of hydrogen-bond acceptors (Lipinski definition) is 4. The maximum atomic E-state index is 12.3. The molecular formula is C22H22N4O3. The summed E-state index contributed by atoms with van der Waals surface area (Å²) >= 11 is 0. The van der Waals surface area contributed by atoms with Crippen molar-refractivity contribution >= 4 is 34.9 Å². The van der Waals surface area contributed by atoms with E-state index < -0.39 is 0 Å². The molecule has 0 bridgehead atoms. The van der Waals surface area contributed by atoms with Gasteiger partial charge < -0.3 is 15.0 Å². The van der Waals surface area contributed by atoms with Gasteiger partial charge in [0, 0.05) is 24.0 Å². The molecule has 7 heteroatoms. The van der Waals surface area contributed by atoms with Crippen LogP contribution in [-0.2, 0) is 9.53 Å². The summed E-state index contributed by atoms with van der Waals surface area (Å²) in [6.07, 6.45) is 3.89. The number of morpholine rings is 1. The Labute approximate surface area is 168 Å². The van der Waals surface area contributed by atoms with Crippen LogP contribution in [0.2, 0.25) is 0 Å². The number of rotatable bonds is 5. The molecule has 1 aliphatic heterocycles. The van der Waals surface area contributed by atoms with Crippen molar-refractivity contribution in [2.75, 3.05) is 32.8 Å². The van der Waals surface area contributed by atoms with Gasteiger partial charge in [0.2, 0.25) is 5.91 Å². The van der Waals surface area contributed by atoms with E-state index in [1.165, 1.54) is 0 Å². The zero-order chi connectivity index (χ0) is 20.1. The van der Waals surface area contributed by atoms with E-state index in [9.17, 15) is 9.59 Å². The van der Waals surface area contributed by atoms with Gasteiger partial charge in [0.05, 0.1) is 31.0 Å². The highest BCUT2D eigenvalue weighted by atomic mass is 16.5. The van der Waals surface area contributed by atoms with Gasteiger partial charge in [0.15, 0.2) is 0 Å². The predicted octanol–water partition coefficient (Wildman–Crippen LogP) is 2.32. The lowest BCUT2D eigenvalue weighted by molar-refractivity contribution is -0.134. The third-order valence-corrected chi connectivity index (χ3v) is 4.87. The Hall–Kier alpha value is -3.45. The van der Waals surface area contributed by atoms with Crippen LogP contribution in [0.4, 0.5) is 0 Å². The molecule has 0 radical (unpaired) electrons. The fourth-order valence-corrected chi connectivity index (χ4v) is 3.21. The van der Waals surface area contributed by atoms with E-state index in [0.717, 1.165) is 22.2 Å². The van der Waals surface area contributed by atoms with Crippen LogP contribution in [0.3, 0.4) is 0 Å². The second-order valence-corrected chi connectivity index (χ2v) is 6.79. The number of nitrogens with one attached hydrogen (secondary N) is 2. The van der Waals surface area contributed by atoms with Crippen LogP contribution in [0.25, 0.3) is 23.1 Å². The SMILES string of the molecule is O=C(NCC(=O)N1CCOCC1)c1ccc(C=Cc2n[nH]c3ccccc23)cc1. The molecule has 0 saturated carbocycles. The predicted molar refractivity (Wildman–Crippen MR) is 111 cm³/mol. The Bertz CT molecular complexity index is 1030. The van der Waals surface area contributed by atoms with Gasteiger partial charge in [-0.3, -0.25) is 14.7 Å². The van der Waals surface area contributed by atoms with Gasteiger partial charge in [-0.05, 0) is 29.8 Å². The molecule has 1 aliphatic rings. The van der Waals surface area contributed by atoms with Crippen LogP contribution in [-0.4, -0.2) is 59.8 Å². The maximum absolute atomic E-state index is 12.3. The monoisotopic (exact) mass is 390 g/mol. The first-order valence-corrected chi connectivity index (χ1v) is 9.56. The van der Waals surface area contributed by atoms with Crippen molar-refractivity contribution in [3.05, 3.63) is 65.4 Å². The molecule has 0 spiro atoms. The van der Waals surface area contributed by atoms with Crippen molar-refractivity contribution in [3.8, 4) is 0 Å². The lowest BCUT2D eigenvalue weighted by atomic mass is 10.1. The van der Waals surface area contributed by atoms with Crippen molar-refractivity contribution in [3.63, 3.8) is 0 Å². The van der Waals surface area contributed by atoms with Gasteiger partial charge in [-0.25, -0.2) is 0 Å². The van der Waals surface area contributed by atoms with Crippen LogP contribution < -0.4 is 5.32 Å². The second kappa shape index (κ2) is 8.70. The smallest absolute Gasteiger partial charge is 0.251 e. The van der Waals surface area contributed by atoms with Crippen LogP contribution in [0.1, 0.15) is 21.6 Å². The van der Waals surface area contributed by atoms with Crippen LogP contribution in [0, 0.1) is 0 Å². The first kappa shape index (κ1) is 18.9. The number of ether oxygens (including phenoxy) is 1. The molecule has 3 aromatic rings. The lowest BCUT2D eigenvalue weighted by Crippen LogP contribution is -2.45. The van der Waals surface area contributed by atoms with E-state index in [2.05, 4.69) is 15.5 Å². The average molecular weight is 390 g/mol. The van der Waals surface area contributed by atoms with E-state index in [4.69, 9.17) is 4.74 Å². The minimum Gasteiger partial charge on any atom is -0.378 e. The molecule has 2 heterocycles. The molecule has 2 amide bonds. The summed E-state index contributed by atoms with van der Waals surface area (Å²) < 4.78 is 5.23. The molecule has 29 heavy (non-hydrogen) atoms. The molecule has 0 aliphatic carbocycles. The molecule has 2 aromatic carbocycles. The highest BCUT2D eigenvalue weighted by Crippen LogP contribution is 2.17. The maximum Gasteiger partial charge on any atom is 0.251 e. The summed E-state index contributed by atoms with van der Waals surface area (Å²) in [5.41, 5.74) is 3.33. The Morgan fingerprint density at radius 2 is 1.83 bits per heavy atom. The molecule has 0 unspecified atom stereocenters. The largest absolute Gasteiger partial charge is 0.378 e. The van der Waals surface area contributed by atoms with Crippen molar-refractivity contribution < 1.29 is 14.3 Å². The molecule has 7 nitrogen and oxygen atoms in total. The Balaban J connectivity index is 1.34. The number of nitrogens with zero attached hydrogens (tertiary/aromatic N) is 2. The second-order valence-electron chi connectivity index (χ2n) is 6.79. The van der Waals surface area contributed by atoms with Gasteiger partial charge in [0.1, 0.15) is 0 Å². The Morgan fingerprint density at radius 3 is 2.62 bits per heavy atom. The van der Waals surface area contributed by atoms with Crippen molar-refractivity contribution in [2.24, 2.45) is 0 Å². The molecule has 0 atom stereocenters. The van der Waals surface area contributed by atoms with E-state index in [1.54, 1.807) is 17.0 Å². The fraction of sp³-hybridized carbons (Fsp3) is 0.227. The zero-order valence-electron chi connectivity index (χ0n) is 15.9. The summed E-state index contributed by atoms with van der Waals surface area (Å²) in [6, 6.07) is 15.2. The Kier molecular flexibility index (Phi) is 5.67. The number of carbonyl (C=O) groups is 2. The number of para-hydroxylation sites is 1. The topological polar surface area (TPSA) is 87.3 Å². The zero-order valence-corrected chi connectivity index (χ0v) is 15.9. The quantitative estimate of drug-likeness (QED) is 0.700. The summed E-state index contributed by atoms with van der Waals surface area (Å²) in [5, 5.41) is 11.1. The number of fused-ring (bicyclic) bond motifs is 1. The normalized spacial score (nSPS) is 14.4. The van der Waals surface area contributed by atoms with Gasteiger partial charge in [-0.2, -0.15) is 5.10 Å². The van der Waals surface area contributed by atoms with E-state index in [0.29, 0.717) is 31.9 Å². The van der Waals surface area contributed by atoms with E-state index in [1.807, 2.05) is 48.6 Å². The fourth-order valence-electron chi connectivity index (χ4n) is 3.21. The summed E-state index contributed by atoms with van der Waals surface area (Å²) in [5.74, 6) is -0.354. The third kappa shape index (κ3) is 4.52. The van der Waals surface area contributed by atoms with Crippen molar-refractivity contribution in [2.45, 2.75) is 0 Å². The van der Waals surface area contributed by atoms with Gasteiger partial charge >= 0.3 is 0 Å². The van der Waals surface area contributed by atoms with Crippen LogP contribution in [0.5, 0.6) is 0 Å². The number of hydrogen-bond donors (Lipinski definition) is 2. The molecule has 4 rings (SSSR count). The lowest BCUT2D eigenvalue weighted by Gasteiger charge is -2.26. The third-order valence-electron chi connectivity index (χ3n) is 4.87. The van der Waals surface area contributed by atoms with E-state index >= 15 is 0 Å². The highest BCUT2D eigenvalue weighted by Gasteiger charge is 2.17. The first-order valence-electron chi connectivity index (χ1n) is 9.56. The molecular weight excluding hydrogens is 368 g/mol. The summed E-state index contributed by atoms with van der Waals surface area (Å²) in [4.78, 5) is 26.1. The molecule has 148 valence electrons. The Morgan fingerprint density at radius 1 is 1.07 bits per heavy atom. The highest BCUT2D eigenvalue weighted by molar-refractivity contribution is 5.96. The number of carbonyl (C=O) groups excluding carboxylic acids is 2. The summed E-state index contributed by atoms with van der Waals surface area (Å²) in [6.45, 7) is 2.22. The molecule has 2 N–H and O–H groups in total. The van der Waals surface area contributed by atoms with Crippen molar-refractivity contribution in [1.29, 1.82) is 0 Å². The molecule has 1 fully saturated rings. The number of amides is 2. The standard InChI is InChI=1S/C22H22N4O3/c27-21(26-11-13-29-14-12-26)15-23-22(28)17-8-5-16(6-9-17)7-10-20-18-3-1-2-4-19(18)24-25-20/h1-10H,11-15H2,(H,23,28)(H,24,25). The van der Waals surface area contributed by atoms with Crippen molar-refractivity contribution in [1.82, 2.24) is 20.4 Å². The molecule has 1 aromatic heterocycles. The number of H-pyrrole nitrogens is 1. The summed E-state index contributed by atoms with van der Waals surface area (Å²) in [7, 11) is 0. The van der Waals surface area contributed by atoms with Crippen LogP contribution >= 0.6 is 0 Å². The van der Waals surface area contributed by atoms with E-state index in [-0.39, 0.29) is 18.4 Å². The van der Waals surface area contributed by atoms with Gasteiger partial charge in [-0.1, -0.05) is 36.4 Å². The number of aromatic amines is 1. The average Bonchev–Trinajstić information content (AvgIpc) is 3.20. The van der Waals surface area contributed by atoms with Gasteiger partial charge in [-0.15, -0.1) is 0 Å². The first-order chi connectivity index (χ1) is 14.2. The number of aromatic nitrogens is 2. The van der Waals surface area contributed by atoms with Crippen LogP contribution in [0.15, 0.2) is 48.5 Å². The minimum absolute atomic E-state index is 0.00722. The molecule has 1 saturated heterocycles. The minimum atomic E-state index is -0.263. The number of benzene rings is 2. The van der Waals surface area contributed by atoms with Gasteiger partial charge in [0.25, 0.3) is 5.91 Å².